The molecule has 6 heteroatoms. The molecule has 0 spiro atoms. The van der Waals surface area contributed by atoms with Gasteiger partial charge < -0.3 is 9.84 Å². The average molecular weight is 401 g/mol. The van der Waals surface area contributed by atoms with Crippen molar-refractivity contribution in [3.8, 4) is 5.75 Å². The smallest absolute Gasteiger partial charge is 0.123 e. The second-order valence-corrected chi connectivity index (χ2v) is 7.50. The number of benzene rings is 2. The third-order valence-electron chi connectivity index (χ3n) is 5.64. The molecule has 2 aromatic heterocycles. The number of hydrogen-bond donors (Lipinski definition) is 1. The second kappa shape index (κ2) is 7.99. The Morgan fingerprint density at radius 2 is 1.83 bits per heavy atom. The number of aliphatic hydroxyl groups is 1. The number of ether oxygens (including phenoxy) is 1. The van der Waals surface area contributed by atoms with Gasteiger partial charge in [0, 0.05) is 29.0 Å². The van der Waals surface area contributed by atoms with E-state index in [1.54, 1.807) is 13.3 Å². The van der Waals surface area contributed by atoms with Crippen molar-refractivity contribution < 1.29 is 14.7 Å². The maximum Gasteiger partial charge on any atom is 0.123 e. The molecule has 1 saturated heterocycles. The van der Waals surface area contributed by atoms with Crippen molar-refractivity contribution in [2.75, 3.05) is 13.7 Å². The fourth-order valence-corrected chi connectivity index (χ4v) is 4.12. The maximum atomic E-state index is 9.72. The highest BCUT2D eigenvalue weighted by molar-refractivity contribution is 6.02. The van der Waals surface area contributed by atoms with E-state index in [-0.39, 0.29) is 18.8 Å². The number of nitrogens with zero attached hydrogens (tertiary/aromatic N) is 3. The summed E-state index contributed by atoms with van der Waals surface area (Å²) in [6, 6.07) is 20.1. The van der Waals surface area contributed by atoms with Crippen LogP contribution in [0, 0.1) is 0 Å². The normalized spacial score (nSPS) is 19.5. The van der Waals surface area contributed by atoms with Gasteiger partial charge >= 0.3 is 0 Å². The lowest BCUT2D eigenvalue weighted by Crippen LogP contribution is -2.23. The third kappa shape index (κ3) is 3.39. The van der Waals surface area contributed by atoms with Crippen molar-refractivity contribution in [1.82, 2.24) is 15.0 Å². The van der Waals surface area contributed by atoms with Crippen molar-refractivity contribution in [1.29, 1.82) is 0 Å². The molecule has 0 bridgehead atoms. The van der Waals surface area contributed by atoms with Crippen LogP contribution in [0.5, 0.6) is 5.75 Å². The molecule has 1 aliphatic rings. The number of hydroxylamine groups is 2. The lowest BCUT2D eigenvalue weighted by atomic mass is 10.0. The van der Waals surface area contributed by atoms with Crippen LogP contribution in [-0.2, 0) is 11.4 Å². The van der Waals surface area contributed by atoms with Gasteiger partial charge in [-0.25, -0.2) is 4.98 Å². The summed E-state index contributed by atoms with van der Waals surface area (Å²) in [7, 11) is 1.67. The van der Waals surface area contributed by atoms with Gasteiger partial charge in [-0.3, -0.25) is 9.82 Å². The molecule has 30 heavy (non-hydrogen) atoms. The molecule has 1 fully saturated rings. The molecule has 0 aliphatic carbocycles. The minimum atomic E-state index is -0.257. The van der Waals surface area contributed by atoms with Crippen molar-refractivity contribution in [3.05, 3.63) is 78.1 Å². The summed E-state index contributed by atoms with van der Waals surface area (Å²) in [5.74, 6) is 0.814. The fourth-order valence-electron chi connectivity index (χ4n) is 4.12. The Kier molecular flexibility index (Phi) is 5.04. The number of hydrogen-bond acceptors (Lipinski definition) is 6. The lowest BCUT2D eigenvalue weighted by molar-refractivity contribution is -0.178. The molecule has 2 atom stereocenters. The molecule has 1 N–H and O–H groups in total. The van der Waals surface area contributed by atoms with Crippen molar-refractivity contribution >= 4 is 21.8 Å². The highest BCUT2D eigenvalue weighted by Gasteiger charge is 2.35. The molecule has 152 valence electrons. The zero-order chi connectivity index (χ0) is 20.5. The monoisotopic (exact) mass is 401 g/mol. The van der Waals surface area contributed by atoms with Gasteiger partial charge in [0.2, 0.25) is 0 Å². The maximum absolute atomic E-state index is 9.72. The van der Waals surface area contributed by atoms with Crippen LogP contribution >= 0.6 is 0 Å². The minimum Gasteiger partial charge on any atom is -0.496 e. The Balaban J connectivity index is 1.54. The quantitative estimate of drug-likeness (QED) is 0.509. The molecular weight excluding hydrogens is 378 g/mol. The first-order valence-corrected chi connectivity index (χ1v) is 10.1. The van der Waals surface area contributed by atoms with E-state index in [1.165, 1.54) is 0 Å². The number of aromatic nitrogens is 2. The van der Waals surface area contributed by atoms with E-state index in [1.807, 2.05) is 47.5 Å². The highest BCUT2D eigenvalue weighted by Crippen LogP contribution is 2.36. The molecule has 4 aromatic rings. The zero-order valence-corrected chi connectivity index (χ0v) is 16.7. The van der Waals surface area contributed by atoms with Gasteiger partial charge in [-0.05, 0) is 18.2 Å². The Morgan fingerprint density at radius 1 is 1.03 bits per heavy atom. The van der Waals surface area contributed by atoms with Crippen LogP contribution in [0.1, 0.15) is 23.7 Å². The topological polar surface area (TPSA) is 67.7 Å². The van der Waals surface area contributed by atoms with Crippen LogP contribution in [0.25, 0.3) is 21.8 Å². The molecule has 0 saturated carbocycles. The van der Waals surface area contributed by atoms with E-state index >= 15 is 0 Å². The van der Waals surface area contributed by atoms with E-state index in [0.29, 0.717) is 13.0 Å². The number of fused-ring (bicyclic) bond motifs is 3. The van der Waals surface area contributed by atoms with Gasteiger partial charge in [0.15, 0.2) is 0 Å². The Bertz CT molecular complexity index is 1200. The number of aliphatic hydroxyl groups excluding tert-OH is 1. The lowest BCUT2D eigenvalue weighted by Gasteiger charge is -2.23. The van der Waals surface area contributed by atoms with Gasteiger partial charge in [0.25, 0.3) is 0 Å². The van der Waals surface area contributed by atoms with Crippen LogP contribution in [-0.4, -0.2) is 40.0 Å². The summed E-state index contributed by atoms with van der Waals surface area (Å²) in [6.07, 6.45) is 2.21. The van der Waals surface area contributed by atoms with Crippen LogP contribution in [0.2, 0.25) is 0 Å². The Morgan fingerprint density at radius 3 is 2.67 bits per heavy atom. The molecule has 0 radical (unpaired) electrons. The van der Waals surface area contributed by atoms with Gasteiger partial charge in [0.05, 0.1) is 43.0 Å². The molecule has 5 rings (SSSR count). The summed E-state index contributed by atoms with van der Waals surface area (Å²) >= 11 is 0. The summed E-state index contributed by atoms with van der Waals surface area (Å²) in [5.41, 5.74) is 3.71. The predicted octanol–water partition coefficient (Wildman–Crippen LogP) is 4.03. The van der Waals surface area contributed by atoms with E-state index in [0.717, 1.165) is 38.8 Å². The molecule has 6 nitrogen and oxygen atoms in total. The standard InChI is InChI=1S/C24H23N3O3/c1-29-22-7-3-2-5-18(22)14-27-21(13-19(15-28)30-27)20-11-10-17-9-8-16-6-4-12-25-23(16)24(17)26-20/h2-12,19,21,28H,13-15H2,1H3/t19-,21-/m1/s1. The molecule has 0 unspecified atom stereocenters. The largest absolute Gasteiger partial charge is 0.496 e. The SMILES string of the molecule is COc1ccccc1CN1O[C@@H](CO)C[C@@H]1c1ccc2ccc3cccnc3c2n1. The number of methoxy groups -OCH3 is 1. The Hall–Kier alpha value is -3.06. The van der Waals surface area contributed by atoms with Crippen LogP contribution in [0.3, 0.4) is 0 Å². The average Bonchev–Trinajstić information content (AvgIpc) is 3.22. The van der Waals surface area contributed by atoms with Crippen molar-refractivity contribution in [2.45, 2.75) is 25.1 Å². The van der Waals surface area contributed by atoms with Gasteiger partial charge in [-0.15, -0.1) is 0 Å². The highest BCUT2D eigenvalue weighted by atomic mass is 16.7. The van der Waals surface area contributed by atoms with E-state index < -0.39 is 0 Å². The van der Waals surface area contributed by atoms with Crippen molar-refractivity contribution in [2.24, 2.45) is 0 Å². The van der Waals surface area contributed by atoms with Crippen LogP contribution in [0.15, 0.2) is 66.9 Å². The molecule has 2 aromatic carbocycles. The third-order valence-corrected chi connectivity index (χ3v) is 5.64. The minimum absolute atomic E-state index is 0.0308. The first kappa shape index (κ1) is 18.9. The van der Waals surface area contributed by atoms with E-state index in [9.17, 15) is 5.11 Å². The van der Waals surface area contributed by atoms with E-state index in [2.05, 4.69) is 23.2 Å². The van der Waals surface area contributed by atoms with Gasteiger partial charge in [0.1, 0.15) is 11.9 Å². The number of rotatable bonds is 5. The summed E-state index contributed by atoms with van der Waals surface area (Å²) in [4.78, 5) is 15.6. The predicted molar refractivity (Wildman–Crippen MR) is 115 cm³/mol. The van der Waals surface area contributed by atoms with E-state index in [4.69, 9.17) is 14.6 Å². The first-order valence-electron chi connectivity index (χ1n) is 10.1. The summed E-state index contributed by atoms with van der Waals surface area (Å²) in [5, 5.41) is 13.8. The molecule has 3 heterocycles. The molecule has 1 aliphatic heterocycles. The van der Waals surface area contributed by atoms with Gasteiger partial charge in [-0.2, -0.15) is 5.06 Å². The van der Waals surface area contributed by atoms with Gasteiger partial charge in [-0.1, -0.05) is 42.5 Å². The number of pyridine rings is 2. The zero-order valence-electron chi connectivity index (χ0n) is 16.7. The van der Waals surface area contributed by atoms with Crippen LogP contribution < -0.4 is 4.74 Å². The molecular formula is C24H23N3O3. The summed E-state index contributed by atoms with van der Waals surface area (Å²) in [6.45, 7) is 0.510. The molecule has 0 amide bonds. The Labute approximate surface area is 174 Å². The summed E-state index contributed by atoms with van der Waals surface area (Å²) < 4.78 is 5.50. The van der Waals surface area contributed by atoms with Crippen LogP contribution in [0.4, 0.5) is 0 Å². The van der Waals surface area contributed by atoms with Crippen molar-refractivity contribution in [3.63, 3.8) is 0 Å². The first-order chi connectivity index (χ1) is 14.8. The second-order valence-electron chi connectivity index (χ2n) is 7.50. The number of para-hydroxylation sites is 1. The fraction of sp³-hybridized carbons (Fsp3) is 0.250.